The second-order valence-corrected chi connectivity index (χ2v) is 6.78. The molecule has 7 heteroatoms. The first-order valence-electron chi connectivity index (χ1n) is 8.91. The second-order valence-electron chi connectivity index (χ2n) is 6.78. The average Bonchev–Trinajstić information content (AvgIpc) is 3.08. The smallest absolute Gasteiger partial charge is 0.148 e. The van der Waals surface area contributed by atoms with E-state index in [1.165, 1.54) is 0 Å². The lowest BCUT2D eigenvalue weighted by atomic mass is 9.94. The molecular formula is C18H23N5O2. The molecular weight excluding hydrogens is 318 g/mol. The van der Waals surface area contributed by atoms with Gasteiger partial charge in [-0.2, -0.15) is 10.4 Å². The summed E-state index contributed by atoms with van der Waals surface area (Å²) in [5, 5.41) is 13.8. The Balaban J connectivity index is 1.68. The Hall–Kier alpha value is -2.30. The number of ether oxygens (including phenoxy) is 2. The summed E-state index contributed by atoms with van der Waals surface area (Å²) in [5.74, 6) is 0.735. The number of morpholine rings is 1. The maximum Gasteiger partial charge on any atom is 0.148 e. The molecule has 0 radical (unpaired) electrons. The van der Waals surface area contributed by atoms with Crippen LogP contribution in [0.15, 0.2) is 18.5 Å². The molecule has 1 saturated carbocycles. The Morgan fingerprint density at radius 2 is 2.00 bits per heavy atom. The van der Waals surface area contributed by atoms with Crippen molar-refractivity contribution < 1.29 is 9.47 Å². The Kier molecular flexibility index (Phi) is 4.47. The number of fused-ring (bicyclic) bond motifs is 1. The minimum absolute atomic E-state index is 0.144. The van der Waals surface area contributed by atoms with Gasteiger partial charge >= 0.3 is 0 Å². The fraction of sp³-hybridized carbons (Fsp3) is 0.556. The van der Waals surface area contributed by atoms with E-state index in [-0.39, 0.29) is 12.1 Å². The van der Waals surface area contributed by atoms with Gasteiger partial charge in [0, 0.05) is 25.2 Å². The normalized spacial score (nSPS) is 24.2. The molecule has 0 aromatic carbocycles. The van der Waals surface area contributed by atoms with Crippen LogP contribution in [0.3, 0.4) is 0 Å². The third-order valence-corrected chi connectivity index (χ3v) is 5.07. The highest BCUT2D eigenvalue weighted by Crippen LogP contribution is 2.32. The van der Waals surface area contributed by atoms with E-state index in [4.69, 9.17) is 15.2 Å². The Morgan fingerprint density at radius 1 is 1.24 bits per heavy atom. The van der Waals surface area contributed by atoms with Crippen LogP contribution in [0.1, 0.15) is 31.2 Å². The van der Waals surface area contributed by atoms with Gasteiger partial charge in [0.05, 0.1) is 37.4 Å². The summed E-state index contributed by atoms with van der Waals surface area (Å²) in [6.45, 7) is 3.12. The van der Waals surface area contributed by atoms with Crippen molar-refractivity contribution in [3.63, 3.8) is 0 Å². The fourth-order valence-corrected chi connectivity index (χ4v) is 3.62. The third-order valence-electron chi connectivity index (χ3n) is 5.07. The van der Waals surface area contributed by atoms with Crippen molar-refractivity contribution in [3.8, 4) is 11.8 Å². The number of aromatic nitrogens is 2. The Bertz CT molecular complexity index is 783. The molecule has 0 spiro atoms. The first-order valence-corrected chi connectivity index (χ1v) is 8.91. The van der Waals surface area contributed by atoms with E-state index in [1.807, 2.05) is 12.3 Å². The quantitative estimate of drug-likeness (QED) is 0.914. The molecule has 2 aliphatic rings. The number of nitriles is 1. The van der Waals surface area contributed by atoms with Crippen LogP contribution in [0.4, 0.5) is 5.69 Å². The van der Waals surface area contributed by atoms with Crippen LogP contribution < -0.4 is 15.4 Å². The number of pyridine rings is 1. The molecule has 2 N–H and O–H groups in total. The van der Waals surface area contributed by atoms with Crippen molar-refractivity contribution in [1.29, 1.82) is 5.26 Å². The predicted octanol–water partition coefficient (Wildman–Crippen LogP) is 1.69. The van der Waals surface area contributed by atoms with Crippen LogP contribution in [0.5, 0.6) is 5.75 Å². The lowest BCUT2D eigenvalue weighted by Gasteiger charge is -2.30. The van der Waals surface area contributed by atoms with Crippen molar-refractivity contribution in [2.24, 2.45) is 5.73 Å². The summed E-state index contributed by atoms with van der Waals surface area (Å²) < 4.78 is 13.5. The first kappa shape index (κ1) is 16.2. The average molecular weight is 341 g/mol. The molecule has 3 heterocycles. The molecule has 132 valence electrons. The molecule has 2 aromatic heterocycles. The van der Waals surface area contributed by atoms with E-state index in [0.717, 1.165) is 68.9 Å². The molecule has 1 saturated heterocycles. The molecule has 1 aliphatic carbocycles. The van der Waals surface area contributed by atoms with E-state index >= 15 is 0 Å². The number of anilines is 1. The second kappa shape index (κ2) is 6.90. The van der Waals surface area contributed by atoms with Crippen molar-refractivity contribution in [1.82, 2.24) is 9.61 Å². The molecule has 4 rings (SSSR count). The van der Waals surface area contributed by atoms with Gasteiger partial charge in [-0.05, 0) is 25.7 Å². The van der Waals surface area contributed by atoms with Gasteiger partial charge in [-0.15, -0.1) is 0 Å². The maximum atomic E-state index is 9.41. The Labute approximate surface area is 146 Å². The van der Waals surface area contributed by atoms with Gasteiger partial charge in [0.15, 0.2) is 0 Å². The van der Waals surface area contributed by atoms with Gasteiger partial charge in [-0.3, -0.25) is 0 Å². The van der Waals surface area contributed by atoms with Crippen molar-refractivity contribution >= 4 is 11.2 Å². The zero-order chi connectivity index (χ0) is 17.2. The van der Waals surface area contributed by atoms with Gasteiger partial charge in [-0.25, -0.2) is 4.52 Å². The zero-order valence-electron chi connectivity index (χ0n) is 14.2. The van der Waals surface area contributed by atoms with E-state index in [0.29, 0.717) is 5.56 Å². The molecule has 2 fully saturated rings. The van der Waals surface area contributed by atoms with E-state index in [2.05, 4.69) is 16.1 Å². The van der Waals surface area contributed by atoms with Gasteiger partial charge in [0.1, 0.15) is 22.9 Å². The number of hydrogen-bond donors (Lipinski definition) is 1. The highest BCUT2D eigenvalue weighted by Gasteiger charge is 2.23. The number of hydrogen-bond acceptors (Lipinski definition) is 6. The summed E-state index contributed by atoms with van der Waals surface area (Å²) >= 11 is 0. The van der Waals surface area contributed by atoms with Gasteiger partial charge in [0.2, 0.25) is 0 Å². The van der Waals surface area contributed by atoms with E-state index < -0.39 is 0 Å². The molecule has 0 unspecified atom stereocenters. The number of nitrogens with zero attached hydrogens (tertiary/aromatic N) is 4. The summed E-state index contributed by atoms with van der Waals surface area (Å²) in [7, 11) is 0. The van der Waals surface area contributed by atoms with Crippen LogP contribution in [0.2, 0.25) is 0 Å². The zero-order valence-corrected chi connectivity index (χ0v) is 14.2. The summed E-state index contributed by atoms with van der Waals surface area (Å²) in [4.78, 5) is 2.26. The minimum Gasteiger partial charge on any atom is -0.488 e. The van der Waals surface area contributed by atoms with Gasteiger partial charge in [0.25, 0.3) is 0 Å². The lowest BCUT2D eigenvalue weighted by molar-refractivity contribution is 0.122. The third kappa shape index (κ3) is 3.28. The van der Waals surface area contributed by atoms with E-state index in [9.17, 15) is 5.26 Å². The van der Waals surface area contributed by atoms with Crippen LogP contribution >= 0.6 is 0 Å². The standard InChI is InChI=1S/C18H23N5O2/c19-10-13-11-21-23-12-15(22-5-7-24-8-6-22)9-17(18(13)23)25-16-3-1-14(20)2-4-16/h9,11-12,14,16H,1-8,20H2. The fourth-order valence-electron chi connectivity index (χ4n) is 3.62. The molecule has 0 amide bonds. The number of nitrogens with two attached hydrogens (primary N) is 1. The monoisotopic (exact) mass is 341 g/mol. The van der Waals surface area contributed by atoms with Crippen molar-refractivity contribution in [3.05, 3.63) is 24.0 Å². The highest BCUT2D eigenvalue weighted by molar-refractivity contribution is 5.72. The largest absolute Gasteiger partial charge is 0.488 e. The molecule has 7 nitrogen and oxygen atoms in total. The highest BCUT2D eigenvalue weighted by atomic mass is 16.5. The predicted molar refractivity (Wildman–Crippen MR) is 93.8 cm³/mol. The van der Waals surface area contributed by atoms with Gasteiger partial charge < -0.3 is 20.1 Å². The molecule has 25 heavy (non-hydrogen) atoms. The van der Waals surface area contributed by atoms with Crippen LogP contribution in [-0.2, 0) is 4.74 Å². The Morgan fingerprint density at radius 3 is 2.72 bits per heavy atom. The summed E-state index contributed by atoms with van der Waals surface area (Å²) in [6, 6.07) is 4.54. The SMILES string of the molecule is N#Cc1cnn2cc(N3CCOCC3)cc(OC3CCC(N)CC3)c12. The summed E-state index contributed by atoms with van der Waals surface area (Å²) in [5.41, 5.74) is 8.33. The van der Waals surface area contributed by atoms with Crippen molar-refractivity contribution in [2.75, 3.05) is 31.2 Å². The molecule has 1 aliphatic heterocycles. The van der Waals surface area contributed by atoms with Crippen molar-refractivity contribution in [2.45, 2.75) is 37.8 Å². The molecule has 2 aromatic rings. The van der Waals surface area contributed by atoms with Crippen LogP contribution in [0, 0.1) is 11.3 Å². The van der Waals surface area contributed by atoms with Crippen LogP contribution in [-0.4, -0.2) is 48.1 Å². The van der Waals surface area contributed by atoms with Crippen LogP contribution in [0.25, 0.3) is 5.52 Å². The number of rotatable bonds is 3. The maximum absolute atomic E-state index is 9.41. The lowest BCUT2D eigenvalue weighted by Crippen LogP contribution is -2.36. The first-order chi connectivity index (χ1) is 12.2. The minimum atomic E-state index is 0.144. The van der Waals surface area contributed by atoms with Gasteiger partial charge in [-0.1, -0.05) is 0 Å². The topological polar surface area (TPSA) is 88.8 Å². The molecule has 0 bridgehead atoms. The molecule has 0 atom stereocenters. The summed E-state index contributed by atoms with van der Waals surface area (Å²) in [6.07, 6.45) is 7.57. The van der Waals surface area contributed by atoms with E-state index in [1.54, 1.807) is 10.7 Å².